The lowest BCUT2D eigenvalue weighted by atomic mass is 10.0. The van der Waals surface area contributed by atoms with Gasteiger partial charge in [0.05, 0.1) is 12.8 Å². The Morgan fingerprint density at radius 3 is 2.93 bits per heavy atom. The van der Waals surface area contributed by atoms with Gasteiger partial charge in [-0.15, -0.1) is 16.9 Å². The Hall–Kier alpha value is -1.68. The molecule has 0 spiro atoms. The van der Waals surface area contributed by atoms with Gasteiger partial charge in [0.1, 0.15) is 17.1 Å². The van der Waals surface area contributed by atoms with Gasteiger partial charge >= 0.3 is 5.97 Å². The maximum atomic E-state index is 11.9. The Balaban J connectivity index is 1.68. The Labute approximate surface area is 163 Å². The number of thioether (sulfide) groups is 2. The second-order valence-corrected chi connectivity index (χ2v) is 9.71. The molecular formula is C12H17N7O5S3. The Bertz CT molecular complexity index is 899. The molecule has 0 aromatic carbocycles. The number of aliphatic carboxylic acids is 1. The Morgan fingerprint density at radius 1 is 1.52 bits per heavy atom. The zero-order valence-corrected chi connectivity index (χ0v) is 16.6. The van der Waals surface area contributed by atoms with Crippen molar-refractivity contribution < 1.29 is 23.1 Å². The smallest absolute Gasteiger partial charge is 0.352 e. The average molecular weight is 436 g/mol. The summed E-state index contributed by atoms with van der Waals surface area (Å²) in [6, 6.07) is -0.673. The highest BCUT2D eigenvalue weighted by atomic mass is 32.2. The van der Waals surface area contributed by atoms with Gasteiger partial charge in [-0.1, -0.05) is 11.8 Å². The fourth-order valence-corrected chi connectivity index (χ4v) is 5.42. The highest BCUT2D eigenvalue weighted by Gasteiger charge is 2.51. The van der Waals surface area contributed by atoms with Crippen molar-refractivity contribution in [2.75, 3.05) is 24.3 Å². The van der Waals surface area contributed by atoms with E-state index in [0.717, 1.165) is 6.26 Å². The van der Waals surface area contributed by atoms with Gasteiger partial charge in [-0.25, -0.2) is 22.6 Å². The summed E-state index contributed by atoms with van der Waals surface area (Å²) < 4.78 is 26.0. The van der Waals surface area contributed by atoms with Gasteiger partial charge in [-0.2, -0.15) is 0 Å². The van der Waals surface area contributed by atoms with Crippen LogP contribution < -0.4 is 10.5 Å². The highest BCUT2D eigenvalue weighted by molar-refractivity contribution is 8.01. The molecule has 3 rings (SSSR count). The summed E-state index contributed by atoms with van der Waals surface area (Å²) in [6.07, 6.45) is 1.05. The Morgan fingerprint density at radius 2 is 2.26 bits per heavy atom. The number of hydrogen-bond acceptors (Lipinski definition) is 10. The zero-order valence-electron chi connectivity index (χ0n) is 14.1. The minimum absolute atomic E-state index is 0.0317. The van der Waals surface area contributed by atoms with E-state index in [9.17, 15) is 23.1 Å². The normalized spacial score (nSPS) is 22.6. The summed E-state index contributed by atoms with van der Waals surface area (Å²) in [5.41, 5.74) is 6.27. The number of hydrogen-bond donors (Lipinski definition) is 3. The van der Waals surface area contributed by atoms with E-state index in [4.69, 9.17) is 5.73 Å². The number of carbonyl (C=O) groups excluding carboxylic acids is 1. The third kappa shape index (κ3) is 4.26. The van der Waals surface area contributed by atoms with E-state index >= 15 is 0 Å². The van der Waals surface area contributed by atoms with Gasteiger partial charge in [0.15, 0.2) is 0 Å². The van der Waals surface area contributed by atoms with Crippen LogP contribution in [0.3, 0.4) is 0 Å². The van der Waals surface area contributed by atoms with E-state index in [1.54, 1.807) is 0 Å². The van der Waals surface area contributed by atoms with E-state index in [-0.39, 0.29) is 29.9 Å². The molecule has 1 unspecified atom stereocenters. The lowest BCUT2D eigenvalue weighted by Crippen LogP contribution is -2.68. The second-order valence-electron chi connectivity index (χ2n) is 5.83. The van der Waals surface area contributed by atoms with Crippen LogP contribution in [0.5, 0.6) is 0 Å². The van der Waals surface area contributed by atoms with Crippen molar-refractivity contribution in [2.24, 2.45) is 5.73 Å². The third-order valence-electron chi connectivity index (χ3n) is 3.85. The summed E-state index contributed by atoms with van der Waals surface area (Å²) in [5, 5.41) is 20.8. The van der Waals surface area contributed by atoms with Crippen molar-refractivity contribution >= 4 is 45.4 Å². The molecule has 0 radical (unpaired) electrons. The van der Waals surface area contributed by atoms with Crippen LogP contribution >= 0.6 is 23.5 Å². The summed E-state index contributed by atoms with van der Waals surface area (Å²) in [4.78, 5) is 24.8. The molecule has 27 heavy (non-hydrogen) atoms. The van der Waals surface area contributed by atoms with E-state index in [1.165, 1.54) is 33.1 Å². The predicted octanol–water partition coefficient (Wildman–Crippen LogP) is -2.10. The number of carboxylic acid groups (broad SMARTS) is 1. The summed E-state index contributed by atoms with van der Waals surface area (Å²) in [5.74, 6) is -0.856. The molecule has 1 aromatic heterocycles. The van der Waals surface area contributed by atoms with Gasteiger partial charge in [0, 0.05) is 18.1 Å². The third-order valence-corrected chi connectivity index (χ3v) is 6.99. The number of nitrogens with two attached hydrogens (primary N) is 1. The summed E-state index contributed by atoms with van der Waals surface area (Å²) in [7, 11) is -3.31. The van der Waals surface area contributed by atoms with Crippen molar-refractivity contribution in [3.05, 3.63) is 11.3 Å². The van der Waals surface area contributed by atoms with Gasteiger partial charge in [0.2, 0.25) is 21.1 Å². The zero-order chi connectivity index (χ0) is 19.8. The molecule has 4 N–H and O–H groups in total. The summed E-state index contributed by atoms with van der Waals surface area (Å²) >= 11 is 2.64. The minimum Gasteiger partial charge on any atom is -0.477 e. The SMILES string of the molecule is CS(=O)(=O)NCCn1nnnc1SCC1=C(C(=O)O)N2C(=O)C(N)[C@H]2SC1. The van der Waals surface area contributed by atoms with Gasteiger partial charge in [0.25, 0.3) is 0 Å². The first-order valence-corrected chi connectivity index (χ1v) is 11.6. The molecule has 1 amide bonds. The van der Waals surface area contributed by atoms with Gasteiger partial charge in [-0.05, 0) is 16.0 Å². The van der Waals surface area contributed by atoms with Crippen LogP contribution in [0.1, 0.15) is 0 Å². The molecule has 0 bridgehead atoms. The lowest BCUT2D eigenvalue weighted by Gasteiger charge is -2.48. The maximum absolute atomic E-state index is 11.9. The number of aromatic nitrogens is 4. The number of carboxylic acids is 1. The number of tetrazole rings is 1. The maximum Gasteiger partial charge on any atom is 0.352 e. The molecule has 1 aromatic rings. The Kier molecular flexibility index (Phi) is 5.76. The topological polar surface area (TPSA) is 173 Å². The number of β-lactam (4-membered cyclic amide) rings is 1. The van der Waals surface area contributed by atoms with Crippen molar-refractivity contribution in [3.8, 4) is 0 Å². The van der Waals surface area contributed by atoms with E-state index in [1.807, 2.05) is 0 Å². The van der Waals surface area contributed by atoms with Crippen molar-refractivity contribution in [1.82, 2.24) is 29.8 Å². The van der Waals surface area contributed by atoms with Gasteiger partial charge in [-0.3, -0.25) is 9.69 Å². The predicted molar refractivity (Wildman–Crippen MR) is 97.1 cm³/mol. The molecule has 2 aliphatic heterocycles. The van der Waals surface area contributed by atoms with Crippen LogP contribution in [0.25, 0.3) is 0 Å². The van der Waals surface area contributed by atoms with Crippen LogP contribution in [0, 0.1) is 0 Å². The minimum atomic E-state index is -3.31. The molecule has 0 saturated carbocycles. The van der Waals surface area contributed by atoms with Crippen molar-refractivity contribution in [3.63, 3.8) is 0 Å². The summed E-state index contributed by atoms with van der Waals surface area (Å²) in [6.45, 7) is 0.349. The molecule has 0 aliphatic carbocycles. The van der Waals surface area contributed by atoms with Crippen LogP contribution in [-0.4, -0.2) is 86.2 Å². The molecule has 148 valence electrons. The average Bonchev–Trinajstić information content (AvgIpc) is 3.04. The molecule has 15 heteroatoms. The first kappa shape index (κ1) is 20.1. The number of carbonyl (C=O) groups is 2. The molecular weight excluding hydrogens is 418 g/mol. The quantitative estimate of drug-likeness (QED) is 0.301. The van der Waals surface area contributed by atoms with E-state index in [2.05, 4.69) is 20.2 Å². The van der Waals surface area contributed by atoms with E-state index in [0.29, 0.717) is 16.5 Å². The lowest BCUT2D eigenvalue weighted by molar-refractivity contribution is -0.147. The molecule has 2 atom stereocenters. The largest absolute Gasteiger partial charge is 0.477 e. The number of fused-ring (bicyclic) bond motifs is 1. The van der Waals surface area contributed by atoms with Crippen LogP contribution in [0.15, 0.2) is 16.4 Å². The standard InChI is InChI=1S/C12H17N7O5S3/c1-27(23,24)14-2-3-18-12(15-16-17-18)26-5-6-4-25-10-7(13)9(20)19(10)8(6)11(21)22/h7,10,14H,2-5,13H2,1H3,(H,21,22)/t7?,10-/m1/s1. The molecule has 1 saturated heterocycles. The highest BCUT2D eigenvalue weighted by Crippen LogP contribution is 2.40. The van der Waals surface area contributed by atoms with Crippen LogP contribution in [0.4, 0.5) is 0 Å². The van der Waals surface area contributed by atoms with Crippen LogP contribution in [0.2, 0.25) is 0 Å². The second kappa shape index (κ2) is 7.75. The molecule has 2 aliphatic rings. The molecule has 3 heterocycles. The number of sulfonamides is 1. The molecule has 1 fully saturated rings. The first-order valence-electron chi connectivity index (χ1n) is 7.68. The van der Waals surface area contributed by atoms with Gasteiger partial charge < -0.3 is 10.8 Å². The fraction of sp³-hybridized carbons (Fsp3) is 0.583. The van der Waals surface area contributed by atoms with E-state index < -0.39 is 27.9 Å². The molecule has 12 nitrogen and oxygen atoms in total. The number of nitrogens with one attached hydrogen (secondary N) is 1. The number of amides is 1. The number of rotatable bonds is 8. The monoisotopic (exact) mass is 435 g/mol. The fourth-order valence-electron chi connectivity index (χ4n) is 2.62. The van der Waals surface area contributed by atoms with Crippen LogP contribution in [-0.2, 0) is 26.2 Å². The first-order chi connectivity index (χ1) is 12.7. The van der Waals surface area contributed by atoms with Crippen molar-refractivity contribution in [1.29, 1.82) is 0 Å². The van der Waals surface area contributed by atoms with Crippen molar-refractivity contribution in [2.45, 2.75) is 23.1 Å². The number of nitrogens with zero attached hydrogens (tertiary/aromatic N) is 5.